The predicted molar refractivity (Wildman–Crippen MR) is 97.8 cm³/mol. The Hall–Kier alpha value is -0.810. The average Bonchev–Trinajstić information content (AvgIpc) is 2.48. The largest absolute Gasteiger partial charge is 0.444 e. The van der Waals surface area contributed by atoms with E-state index in [0.29, 0.717) is 15.1 Å². The maximum Gasteiger partial charge on any atom is 0.410 e. The second-order valence-electron chi connectivity index (χ2n) is 7.26. The van der Waals surface area contributed by atoms with Crippen molar-refractivity contribution in [1.29, 1.82) is 0 Å². The van der Waals surface area contributed by atoms with E-state index in [-0.39, 0.29) is 24.5 Å². The highest BCUT2D eigenvalue weighted by Gasteiger charge is 2.30. The van der Waals surface area contributed by atoms with E-state index >= 15 is 0 Å². The van der Waals surface area contributed by atoms with E-state index in [0.717, 1.165) is 25.7 Å². The van der Waals surface area contributed by atoms with Crippen molar-refractivity contribution in [1.82, 2.24) is 4.90 Å². The molecule has 3 nitrogen and oxygen atoms in total. The minimum atomic E-state index is -0.571. The number of halogens is 3. The molecule has 1 amide bonds. The van der Waals surface area contributed by atoms with Crippen LogP contribution in [0.1, 0.15) is 58.4 Å². The molecule has 0 radical (unpaired) electrons. The Morgan fingerprint density at radius 3 is 2.54 bits per heavy atom. The summed E-state index contributed by atoms with van der Waals surface area (Å²) >= 11 is 9.37. The minimum Gasteiger partial charge on any atom is -0.444 e. The molecule has 0 unspecified atom stereocenters. The summed E-state index contributed by atoms with van der Waals surface area (Å²) in [6, 6.07) is 3.02. The summed E-state index contributed by atoms with van der Waals surface area (Å²) in [4.78, 5) is 14.4. The van der Waals surface area contributed by atoms with Crippen molar-refractivity contribution in [2.24, 2.45) is 0 Å². The predicted octanol–water partition coefficient (Wildman–Crippen LogP) is 6.31. The molecule has 1 aromatic rings. The Bertz CT molecular complexity index is 597. The first-order chi connectivity index (χ1) is 11.2. The molecule has 0 aliphatic heterocycles. The van der Waals surface area contributed by atoms with Crippen LogP contribution in [-0.2, 0) is 11.3 Å². The molecular formula is C18H24BrClFNO2. The molecule has 0 aromatic heterocycles. The van der Waals surface area contributed by atoms with Crippen molar-refractivity contribution >= 4 is 33.6 Å². The lowest BCUT2D eigenvalue weighted by Crippen LogP contribution is -2.43. The molecule has 1 aliphatic carbocycles. The van der Waals surface area contributed by atoms with E-state index in [1.165, 1.54) is 18.6 Å². The molecule has 0 heterocycles. The van der Waals surface area contributed by atoms with Gasteiger partial charge in [0.05, 0.1) is 11.0 Å². The van der Waals surface area contributed by atoms with E-state index in [9.17, 15) is 9.18 Å². The first-order valence-corrected chi connectivity index (χ1v) is 9.47. The number of hydrogen-bond acceptors (Lipinski definition) is 2. The SMILES string of the molecule is CC(C)(C)OC(=O)N(Cc1cc(F)c(Br)cc1Cl)C1CCCCC1. The third kappa shape index (κ3) is 5.35. The first kappa shape index (κ1) is 19.5. The fourth-order valence-electron chi connectivity index (χ4n) is 2.92. The molecule has 24 heavy (non-hydrogen) atoms. The monoisotopic (exact) mass is 419 g/mol. The van der Waals surface area contributed by atoms with Crippen molar-refractivity contribution in [2.45, 2.75) is 71.1 Å². The van der Waals surface area contributed by atoms with Gasteiger partial charge >= 0.3 is 6.09 Å². The van der Waals surface area contributed by atoms with Gasteiger partial charge in [0.1, 0.15) is 11.4 Å². The summed E-state index contributed by atoms with van der Waals surface area (Å²) < 4.78 is 19.8. The van der Waals surface area contributed by atoms with Gasteiger partial charge in [0.15, 0.2) is 0 Å². The summed E-state index contributed by atoms with van der Waals surface area (Å²) in [5.74, 6) is -0.387. The molecule has 0 spiro atoms. The van der Waals surface area contributed by atoms with Crippen LogP contribution < -0.4 is 0 Å². The van der Waals surface area contributed by atoms with Gasteiger partial charge in [0.2, 0.25) is 0 Å². The lowest BCUT2D eigenvalue weighted by atomic mass is 9.94. The topological polar surface area (TPSA) is 29.5 Å². The van der Waals surface area contributed by atoms with Gasteiger partial charge in [-0.3, -0.25) is 0 Å². The van der Waals surface area contributed by atoms with Crippen LogP contribution in [0.3, 0.4) is 0 Å². The quantitative estimate of drug-likeness (QED) is 0.536. The van der Waals surface area contributed by atoms with Gasteiger partial charge in [-0.05, 0) is 67.2 Å². The number of amides is 1. The van der Waals surface area contributed by atoms with Crippen LogP contribution in [0.4, 0.5) is 9.18 Å². The van der Waals surface area contributed by atoms with Crippen LogP contribution in [0.2, 0.25) is 5.02 Å². The van der Waals surface area contributed by atoms with Crippen molar-refractivity contribution in [2.75, 3.05) is 0 Å². The molecule has 0 saturated heterocycles. The van der Waals surface area contributed by atoms with Crippen LogP contribution in [0.15, 0.2) is 16.6 Å². The normalized spacial score (nSPS) is 16.1. The first-order valence-electron chi connectivity index (χ1n) is 8.30. The van der Waals surface area contributed by atoms with Gasteiger partial charge in [0.25, 0.3) is 0 Å². The molecule has 0 N–H and O–H groups in total. The molecule has 6 heteroatoms. The molecule has 1 saturated carbocycles. The summed E-state index contributed by atoms with van der Waals surface area (Å²) in [5.41, 5.74) is 0.0208. The van der Waals surface area contributed by atoms with E-state index in [1.54, 1.807) is 4.90 Å². The second kappa shape index (κ2) is 8.05. The number of carbonyl (C=O) groups is 1. The molecular weight excluding hydrogens is 397 g/mol. The Morgan fingerprint density at radius 2 is 1.96 bits per heavy atom. The Kier molecular flexibility index (Phi) is 6.54. The zero-order valence-corrected chi connectivity index (χ0v) is 16.7. The fourth-order valence-corrected chi connectivity index (χ4v) is 3.62. The highest BCUT2D eigenvalue weighted by molar-refractivity contribution is 9.10. The average molecular weight is 421 g/mol. The van der Waals surface area contributed by atoms with E-state index in [1.807, 2.05) is 20.8 Å². The van der Waals surface area contributed by atoms with Gasteiger partial charge in [-0.1, -0.05) is 30.9 Å². The number of rotatable bonds is 3. The maximum absolute atomic E-state index is 13.9. The van der Waals surface area contributed by atoms with E-state index in [2.05, 4.69) is 15.9 Å². The molecule has 0 bridgehead atoms. The van der Waals surface area contributed by atoms with Gasteiger partial charge in [-0.15, -0.1) is 0 Å². The number of hydrogen-bond donors (Lipinski definition) is 0. The maximum atomic E-state index is 13.9. The molecule has 1 fully saturated rings. The summed E-state index contributed by atoms with van der Waals surface area (Å²) in [5, 5.41) is 0.438. The molecule has 2 rings (SSSR count). The zero-order valence-electron chi connectivity index (χ0n) is 14.4. The van der Waals surface area contributed by atoms with Gasteiger partial charge in [0, 0.05) is 11.1 Å². The third-order valence-electron chi connectivity index (χ3n) is 4.07. The standard InChI is InChI=1S/C18H24BrClFNO2/c1-18(2,3)24-17(23)22(13-7-5-4-6-8-13)11-12-9-16(21)14(19)10-15(12)20/h9-10,13H,4-8,11H2,1-3H3. The lowest BCUT2D eigenvalue weighted by Gasteiger charge is -2.35. The lowest BCUT2D eigenvalue weighted by molar-refractivity contribution is 0.00987. The third-order valence-corrected chi connectivity index (χ3v) is 5.03. The van der Waals surface area contributed by atoms with Gasteiger partial charge in [-0.25, -0.2) is 9.18 Å². The van der Waals surface area contributed by atoms with Crippen molar-refractivity contribution < 1.29 is 13.9 Å². The van der Waals surface area contributed by atoms with Crippen LogP contribution >= 0.6 is 27.5 Å². The number of benzene rings is 1. The van der Waals surface area contributed by atoms with E-state index < -0.39 is 5.60 Å². The Labute approximate surface area is 156 Å². The zero-order chi connectivity index (χ0) is 17.9. The second-order valence-corrected chi connectivity index (χ2v) is 8.52. The highest BCUT2D eigenvalue weighted by Crippen LogP contribution is 2.30. The van der Waals surface area contributed by atoms with Gasteiger partial charge in [-0.2, -0.15) is 0 Å². The van der Waals surface area contributed by atoms with Crippen LogP contribution in [0.5, 0.6) is 0 Å². The molecule has 1 aliphatic rings. The van der Waals surface area contributed by atoms with Crippen LogP contribution in [0.25, 0.3) is 0 Å². The number of carbonyl (C=O) groups excluding carboxylic acids is 1. The molecule has 0 atom stereocenters. The highest BCUT2D eigenvalue weighted by atomic mass is 79.9. The summed E-state index contributed by atoms with van der Waals surface area (Å²) in [6.45, 7) is 5.78. The van der Waals surface area contributed by atoms with Crippen LogP contribution in [0, 0.1) is 5.82 Å². The van der Waals surface area contributed by atoms with E-state index in [4.69, 9.17) is 16.3 Å². The van der Waals surface area contributed by atoms with Crippen molar-refractivity contribution in [3.05, 3.63) is 33.0 Å². The number of nitrogens with zero attached hydrogens (tertiary/aromatic N) is 1. The molecule has 1 aromatic carbocycles. The Balaban J connectivity index is 2.25. The smallest absolute Gasteiger partial charge is 0.410 e. The fraction of sp³-hybridized carbons (Fsp3) is 0.611. The van der Waals surface area contributed by atoms with Crippen molar-refractivity contribution in [3.8, 4) is 0 Å². The summed E-state index contributed by atoms with van der Waals surface area (Å²) in [6.07, 6.45) is 4.88. The van der Waals surface area contributed by atoms with Crippen LogP contribution in [-0.4, -0.2) is 22.6 Å². The van der Waals surface area contributed by atoms with Crippen molar-refractivity contribution in [3.63, 3.8) is 0 Å². The number of ether oxygens (including phenoxy) is 1. The molecule has 134 valence electrons. The summed E-state index contributed by atoms with van der Waals surface area (Å²) in [7, 11) is 0. The minimum absolute atomic E-state index is 0.108. The Morgan fingerprint density at radius 1 is 1.33 bits per heavy atom. The van der Waals surface area contributed by atoms with Gasteiger partial charge < -0.3 is 9.64 Å².